The average molecular weight is 479 g/mol. The molecule has 0 atom stereocenters. The Morgan fingerprint density at radius 3 is 2.46 bits per heavy atom. The van der Waals surface area contributed by atoms with Crippen molar-refractivity contribution >= 4 is 11.6 Å². The summed E-state index contributed by atoms with van der Waals surface area (Å²) >= 11 is 0. The molecule has 3 aromatic rings. The summed E-state index contributed by atoms with van der Waals surface area (Å²) < 4.78 is 27.7. The molecule has 1 saturated heterocycles. The monoisotopic (exact) mass is 478 g/mol. The quantitative estimate of drug-likeness (QED) is 0.499. The van der Waals surface area contributed by atoms with Crippen LogP contribution in [0.2, 0.25) is 0 Å². The molecule has 184 valence electrons. The molecule has 0 radical (unpaired) electrons. The molecule has 8 heteroatoms. The zero-order valence-electron chi connectivity index (χ0n) is 20.1. The van der Waals surface area contributed by atoms with Gasteiger partial charge in [0.05, 0.1) is 20.5 Å². The highest BCUT2D eigenvalue weighted by atomic mass is 16.6. The van der Waals surface area contributed by atoms with Gasteiger partial charge in [-0.2, -0.15) is 0 Å². The van der Waals surface area contributed by atoms with Crippen molar-refractivity contribution in [1.29, 1.82) is 0 Å². The van der Waals surface area contributed by atoms with Crippen LogP contribution in [0.4, 0.5) is 5.69 Å². The van der Waals surface area contributed by atoms with E-state index in [9.17, 15) is 4.79 Å². The van der Waals surface area contributed by atoms with E-state index in [4.69, 9.17) is 23.4 Å². The Balaban J connectivity index is 1.32. The molecule has 2 aliphatic heterocycles. The van der Waals surface area contributed by atoms with Crippen LogP contribution in [0.3, 0.4) is 0 Å². The molecule has 3 heterocycles. The maximum Gasteiger partial charge on any atom is 0.294 e. The number of amides is 1. The van der Waals surface area contributed by atoms with Gasteiger partial charge in [0.1, 0.15) is 13.2 Å². The van der Waals surface area contributed by atoms with Crippen molar-refractivity contribution in [3.63, 3.8) is 0 Å². The number of carbonyl (C=O) groups is 1. The lowest BCUT2D eigenvalue weighted by Gasteiger charge is -2.38. The van der Waals surface area contributed by atoms with Crippen molar-refractivity contribution in [2.45, 2.75) is 25.4 Å². The van der Waals surface area contributed by atoms with Crippen molar-refractivity contribution in [3.8, 4) is 23.0 Å². The van der Waals surface area contributed by atoms with Gasteiger partial charge in [0.15, 0.2) is 28.8 Å². The number of methoxy groups -OCH3 is 2. The van der Waals surface area contributed by atoms with Crippen LogP contribution in [0, 0.1) is 0 Å². The van der Waals surface area contributed by atoms with Gasteiger partial charge >= 0.3 is 0 Å². The van der Waals surface area contributed by atoms with Crippen LogP contribution in [0.5, 0.6) is 23.0 Å². The Kier molecular flexibility index (Phi) is 6.81. The van der Waals surface area contributed by atoms with E-state index in [1.165, 1.54) is 11.8 Å². The first-order valence-electron chi connectivity index (χ1n) is 11.9. The summed E-state index contributed by atoms with van der Waals surface area (Å²) in [6, 6.07) is 15.2. The lowest BCUT2D eigenvalue weighted by Crippen LogP contribution is -2.47. The molecule has 35 heavy (non-hydrogen) atoms. The average Bonchev–Trinajstić information content (AvgIpc) is 3.45. The minimum atomic E-state index is -0.160. The number of furan rings is 1. The maximum atomic E-state index is 13.5. The van der Waals surface area contributed by atoms with E-state index in [0.717, 1.165) is 49.7 Å². The van der Waals surface area contributed by atoms with Gasteiger partial charge in [-0.3, -0.25) is 9.69 Å². The number of piperidine rings is 1. The predicted octanol–water partition coefficient (Wildman–Crippen LogP) is 4.38. The molecule has 8 nitrogen and oxygen atoms in total. The predicted molar refractivity (Wildman–Crippen MR) is 131 cm³/mol. The molecule has 1 fully saturated rings. The Bertz CT molecular complexity index is 1150. The van der Waals surface area contributed by atoms with Crippen LogP contribution in [-0.2, 0) is 6.54 Å². The van der Waals surface area contributed by atoms with Crippen LogP contribution >= 0.6 is 0 Å². The third kappa shape index (κ3) is 4.93. The number of carbonyl (C=O) groups excluding carboxylic acids is 1. The molecule has 1 aromatic heterocycles. The Morgan fingerprint density at radius 2 is 1.74 bits per heavy atom. The number of rotatable bonds is 7. The molecule has 0 bridgehead atoms. The standard InChI is InChI=1S/C27H30N2O6/c1-31-22-8-6-21(17-25(22)32-2)29(27(30)24-4-3-13-33-24)20-9-11-28(12-10-20)18-19-5-7-23-26(16-19)35-15-14-34-23/h3-8,13,16-17,20H,9-12,14-15,18H2,1-2H3. The van der Waals surface area contributed by atoms with E-state index in [-0.39, 0.29) is 11.9 Å². The first-order chi connectivity index (χ1) is 17.2. The third-order valence-electron chi connectivity index (χ3n) is 6.53. The second-order valence-electron chi connectivity index (χ2n) is 8.68. The van der Waals surface area contributed by atoms with Gasteiger partial charge in [0, 0.05) is 37.4 Å². The van der Waals surface area contributed by atoms with Gasteiger partial charge in [-0.1, -0.05) is 6.07 Å². The molecule has 2 aliphatic rings. The van der Waals surface area contributed by atoms with Crippen molar-refractivity contribution in [2.75, 3.05) is 45.4 Å². The summed E-state index contributed by atoms with van der Waals surface area (Å²) in [7, 11) is 3.19. The van der Waals surface area contributed by atoms with Gasteiger partial charge in [-0.05, 0) is 54.8 Å². The van der Waals surface area contributed by atoms with E-state index in [0.29, 0.717) is 30.5 Å². The normalized spacial score (nSPS) is 16.1. The van der Waals surface area contributed by atoms with Gasteiger partial charge in [0.2, 0.25) is 0 Å². The van der Waals surface area contributed by atoms with Crippen molar-refractivity contribution < 1.29 is 28.2 Å². The fourth-order valence-corrected chi connectivity index (χ4v) is 4.77. The van der Waals surface area contributed by atoms with E-state index in [2.05, 4.69) is 17.0 Å². The largest absolute Gasteiger partial charge is 0.493 e. The second kappa shape index (κ2) is 10.3. The fourth-order valence-electron chi connectivity index (χ4n) is 4.77. The number of benzene rings is 2. The van der Waals surface area contributed by atoms with Crippen LogP contribution in [0.25, 0.3) is 0 Å². The number of hydrogen-bond donors (Lipinski definition) is 0. The highest BCUT2D eigenvalue weighted by Crippen LogP contribution is 2.35. The highest BCUT2D eigenvalue weighted by Gasteiger charge is 2.32. The fraction of sp³-hybridized carbons (Fsp3) is 0.370. The molecular formula is C27H30N2O6. The summed E-state index contributed by atoms with van der Waals surface area (Å²) in [5.41, 5.74) is 1.95. The number of hydrogen-bond acceptors (Lipinski definition) is 7. The summed E-state index contributed by atoms with van der Waals surface area (Å²) in [5, 5.41) is 0. The Labute approximate surface area is 204 Å². The summed E-state index contributed by atoms with van der Waals surface area (Å²) in [6.07, 6.45) is 3.20. The first-order valence-corrected chi connectivity index (χ1v) is 11.9. The molecule has 5 rings (SSSR count). The molecule has 0 unspecified atom stereocenters. The summed E-state index contributed by atoms with van der Waals surface area (Å²) in [6.45, 7) is 3.74. The van der Waals surface area contributed by atoms with E-state index >= 15 is 0 Å². The van der Waals surface area contributed by atoms with E-state index in [1.807, 2.05) is 29.2 Å². The smallest absolute Gasteiger partial charge is 0.294 e. The van der Waals surface area contributed by atoms with Crippen LogP contribution < -0.4 is 23.8 Å². The number of likely N-dealkylation sites (tertiary alicyclic amines) is 1. The lowest BCUT2D eigenvalue weighted by atomic mass is 10.0. The molecule has 0 N–H and O–H groups in total. The number of fused-ring (bicyclic) bond motifs is 1. The highest BCUT2D eigenvalue weighted by molar-refractivity contribution is 6.04. The second-order valence-corrected chi connectivity index (χ2v) is 8.68. The first kappa shape index (κ1) is 23.1. The van der Waals surface area contributed by atoms with Crippen LogP contribution in [-0.4, -0.2) is 57.4 Å². The van der Waals surface area contributed by atoms with Crippen molar-refractivity contribution in [3.05, 3.63) is 66.1 Å². The molecule has 1 amide bonds. The Hall–Kier alpha value is -3.65. The van der Waals surface area contributed by atoms with Crippen LogP contribution in [0.15, 0.2) is 59.2 Å². The zero-order valence-corrected chi connectivity index (χ0v) is 20.1. The van der Waals surface area contributed by atoms with E-state index < -0.39 is 0 Å². The van der Waals surface area contributed by atoms with Gasteiger partial charge < -0.3 is 28.3 Å². The SMILES string of the molecule is COc1ccc(N(C(=O)c2ccco2)C2CCN(Cc3ccc4c(c3)OCCO4)CC2)cc1OC. The van der Waals surface area contributed by atoms with Gasteiger partial charge in [-0.15, -0.1) is 0 Å². The maximum absolute atomic E-state index is 13.5. The lowest BCUT2D eigenvalue weighted by molar-refractivity contribution is 0.0931. The van der Waals surface area contributed by atoms with Gasteiger partial charge in [0.25, 0.3) is 5.91 Å². The number of anilines is 1. The topological polar surface area (TPSA) is 73.6 Å². The van der Waals surface area contributed by atoms with Crippen LogP contribution in [0.1, 0.15) is 29.0 Å². The molecular weight excluding hydrogens is 448 g/mol. The molecule has 0 saturated carbocycles. The Morgan fingerprint density at radius 1 is 0.971 bits per heavy atom. The zero-order chi connectivity index (χ0) is 24.2. The number of ether oxygens (including phenoxy) is 4. The van der Waals surface area contributed by atoms with Gasteiger partial charge in [-0.25, -0.2) is 0 Å². The van der Waals surface area contributed by atoms with Crippen molar-refractivity contribution in [1.82, 2.24) is 4.90 Å². The minimum absolute atomic E-state index is 0.0298. The molecule has 2 aromatic carbocycles. The molecule has 0 spiro atoms. The summed E-state index contributed by atoms with van der Waals surface area (Å²) in [5.74, 6) is 2.98. The minimum Gasteiger partial charge on any atom is -0.493 e. The summed E-state index contributed by atoms with van der Waals surface area (Å²) in [4.78, 5) is 17.7. The molecule has 0 aliphatic carbocycles. The van der Waals surface area contributed by atoms with Crippen molar-refractivity contribution in [2.24, 2.45) is 0 Å². The van der Waals surface area contributed by atoms with E-state index in [1.54, 1.807) is 26.4 Å². The third-order valence-corrected chi connectivity index (χ3v) is 6.53. The number of nitrogens with zero attached hydrogens (tertiary/aromatic N) is 2.